The van der Waals surface area contributed by atoms with E-state index in [0.717, 1.165) is 25.5 Å². The normalized spacial score (nSPS) is 23.0. The van der Waals surface area contributed by atoms with Crippen LogP contribution in [0.5, 0.6) is 0 Å². The summed E-state index contributed by atoms with van der Waals surface area (Å²) in [7, 11) is -3.79. The lowest BCUT2D eigenvalue weighted by atomic mass is 10.0. The average Bonchev–Trinajstić information content (AvgIpc) is 3.13. The smallest absolute Gasteiger partial charge is 0.274 e. The van der Waals surface area contributed by atoms with E-state index in [-0.39, 0.29) is 28.3 Å². The third-order valence-electron chi connectivity index (χ3n) is 5.99. The highest BCUT2D eigenvalue weighted by atomic mass is 32.2. The molecule has 0 aliphatic carbocycles. The predicted molar refractivity (Wildman–Crippen MR) is 106 cm³/mol. The lowest BCUT2D eigenvalue weighted by Crippen LogP contribution is -2.41. The number of piperidine rings is 1. The second kappa shape index (κ2) is 7.44. The molecule has 1 N–H and O–H groups in total. The van der Waals surface area contributed by atoms with E-state index in [1.807, 2.05) is 0 Å². The number of nitrogens with zero attached hydrogens (tertiary/aromatic N) is 3. The molecule has 0 bridgehead atoms. The first kappa shape index (κ1) is 19.7. The molecule has 0 saturated carbocycles. The van der Waals surface area contributed by atoms with Gasteiger partial charge >= 0.3 is 0 Å². The Balaban J connectivity index is 1.69. The summed E-state index contributed by atoms with van der Waals surface area (Å²) in [5.74, 6) is -1.24. The Morgan fingerprint density at radius 3 is 2.80 bits per heavy atom. The number of benzene rings is 1. The highest BCUT2D eigenvalue weighted by molar-refractivity contribution is 7.90. The van der Waals surface area contributed by atoms with Crippen LogP contribution in [-0.4, -0.2) is 68.4 Å². The number of carbonyl (C=O) groups is 1. The maximum absolute atomic E-state index is 13.9. The average molecular weight is 434 g/mol. The quantitative estimate of drug-likeness (QED) is 0.768. The maximum atomic E-state index is 13.9. The van der Waals surface area contributed by atoms with Crippen LogP contribution in [0.4, 0.5) is 4.39 Å². The maximum Gasteiger partial charge on any atom is 0.274 e. The van der Waals surface area contributed by atoms with Crippen molar-refractivity contribution in [2.45, 2.75) is 29.5 Å². The van der Waals surface area contributed by atoms with Crippen LogP contribution in [0.3, 0.4) is 0 Å². The fourth-order valence-corrected chi connectivity index (χ4v) is 6.10. The summed E-state index contributed by atoms with van der Waals surface area (Å²) in [6.07, 6.45) is 1.83. The number of ether oxygens (including phenoxy) is 1. The molecule has 30 heavy (non-hydrogen) atoms. The number of carbonyl (C=O) groups excluding carboxylic acids is 1. The molecule has 0 radical (unpaired) electrons. The third-order valence-corrected chi connectivity index (χ3v) is 7.67. The fraction of sp³-hybridized carbons (Fsp3) is 0.500. The number of halogens is 1. The lowest BCUT2D eigenvalue weighted by molar-refractivity contribution is 0.0297. The molecule has 0 spiro atoms. The van der Waals surface area contributed by atoms with E-state index in [1.54, 1.807) is 9.58 Å². The van der Waals surface area contributed by atoms with Crippen LogP contribution in [0, 0.1) is 5.82 Å². The number of fused-ring (bicyclic) bond motifs is 3. The second-order valence-electron chi connectivity index (χ2n) is 7.92. The molecule has 10 heteroatoms. The van der Waals surface area contributed by atoms with E-state index in [9.17, 15) is 17.6 Å². The molecule has 160 valence electrons. The zero-order valence-corrected chi connectivity index (χ0v) is 17.3. The SMILES string of the molecule is O=C(c1nn(C2CCCNC2)c2c1CS(=O)(=O)c1cc(F)ccc1-2)N1CCOCC1. The minimum Gasteiger partial charge on any atom is -0.378 e. The van der Waals surface area contributed by atoms with Crippen molar-refractivity contribution in [3.63, 3.8) is 0 Å². The molecular formula is C20H23FN4O4S. The molecule has 1 aromatic carbocycles. The Bertz CT molecular complexity index is 1100. The highest BCUT2D eigenvalue weighted by Gasteiger charge is 2.38. The van der Waals surface area contributed by atoms with Crippen molar-refractivity contribution in [2.75, 3.05) is 39.4 Å². The van der Waals surface area contributed by atoms with Crippen LogP contribution in [0.15, 0.2) is 23.1 Å². The topological polar surface area (TPSA) is 93.5 Å². The van der Waals surface area contributed by atoms with Crippen molar-refractivity contribution in [1.29, 1.82) is 0 Å². The van der Waals surface area contributed by atoms with E-state index in [4.69, 9.17) is 4.74 Å². The first-order valence-electron chi connectivity index (χ1n) is 10.2. The number of hydrogen-bond donors (Lipinski definition) is 1. The van der Waals surface area contributed by atoms with Gasteiger partial charge in [-0.15, -0.1) is 0 Å². The number of rotatable bonds is 2. The number of amides is 1. The number of nitrogens with one attached hydrogen (secondary N) is 1. The fourth-order valence-electron chi connectivity index (χ4n) is 4.50. The number of sulfone groups is 1. The van der Waals surface area contributed by atoms with Gasteiger partial charge in [0.15, 0.2) is 15.5 Å². The molecular weight excluding hydrogens is 411 g/mol. The summed E-state index contributed by atoms with van der Waals surface area (Å²) in [4.78, 5) is 14.9. The van der Waals surface area contributed by atoms with E-state index in [1.165, 1.54) is 12.1 Å². The molecule has 2 fully saturated rings. The van der Waals surface area contributed by atoms with Gasteiger partial charge in [-0.05, 0) is 37.6 Å². The summed E-state index contributed by atoms with van der Waals surface area (Å²) in [5.41, 5.74) is 1.62. The Kier molecular flexibility index (Phi) is 4.87. The molecule has 1 amide bonds. The molecule has 8 nitrogen and oxygen atoms in total. The summed E-state index contributed by atoms with van der Waals surface area (Å²) in [6.45, 7) is 3.38. The van der Waals surface area contributed by atoms with Gasteiger partial charge in [0.2, 0.25) is 0 Å². The molecule has 2 aromatic rings. The Hall–Kier alpha value is -2.30. The zero-order chi connectivity index (χ0) is 20.9. The third kappa shape index (κ3) is 3.23. The van der Waals surface area contributed by atoms with Crippen LogP contribution in [0.1, 0.15) is 34.9 Å². The van der Waals surface area contributed by atoms with Crippen molar-refractivity contribution in [2.24, 2.45) is 0 Å². The van der Waals surface area contributed by atoms with Crippen molar-refractivity contribution in [3.05, 3.63) is 35.3 Å². The number of hydrogen-bond acceptors (Lipinski definition) is 6. The summed E-state index contributed by atoms with van der Waals surface area (Å²) >= 11 is 0. The van der Waals surface area contributed by atoms with Gasteiger partial charge in [0.1, 0.15) is 5.82 Å². The number of morpholine rings is 1. The van der Waals surface area contributed by atoms with E-state index >= 15 is 0 Å². The first-order chi connectivity index (χ1) is 14.5. The molecule has 3 aliphatic heterocycles. The van der Waals surface area contributed by atoms with Gasteiger partial charge in [-0.3, -0.25) is 9.48 Å². The van der Waals surface area contributed by atoms with Gasteiger partial charge < -0.3 is 15.0 Å². The van der Waals surface area contributed by atoms with Crippen molar-refractivity contribution >= 4 is 15.7 Å². The predicted octanol–water partition coefficient (Wildman–Crippen LogP) is 1.37. The van der Waals surface area contributed by atoms with Crippen molar-refractivity contribution < 1.29 is 22.3 Å². The molecule has 1 atom stereocenters. The van der Waals surface area contributed by atoms with Gasteiger partial charge in [0, 0.05) is 30.8 Å². The van der Waals surface area contributed by atoms with Crippen LogP contribution < -0.4 is 5.32 Å². The van der Waals surface area contributed by atoms with Gasteiger partial charge in [0.25, 0.3) is 5.91 Å². The van der Waals surface area contributed by atoms with Gasteiger partial charge in [-0.2, -0.15) is 5.10 Å². The minimum absolute atomic E-state index is 0.00236. The summed E-state index contributed by atoms with van der Waals surface area (Å²) in [6, 6.07) is 3.80. The Morgan fingerprint density at radius 2 is 2.07 bits per heavy atom. The highest BCUT2D eigenvalue weighted by Crippen LogP contribution is 2.41. The van der Waals surface area contributed by atoms with Gasteiger partial charge in [-0.1, -0.05) is 0 Å². The zero-order valence-electron chi connectivity index (χ0n) is 16.4. The van der Waals surface area contributed by atoms with Crippen LogP contribution in [0.2, 0.25) is 0 Å². The van der Waals surface area contributed by atoms with Gasteiger partial charge in [-0.25, -0.2) is 12.8 Å². The molecule has 5 rings (SSSR count). The second-order valence-corrected chi connectivity index (χ2v) is 9.88. The van der Waals surface area contributed by atoms with Crippen LogP contribution >= 0.6 is 0 Å². The van der Waals surface area contributed by atoms with Crippen molar-refractivity contribution in [1.82, 2.24) is 20.0 Å². The van der Waals surface area contributed by atoms with E-state index in [0.29, 0.717) is 49.7 Å². The molecule has 4 heterocycles. The lowest BCUT2D eigenvalue weighted by Gasteiger charge is -2.27. The molecule has 1 unspecified atom stereocenters. The summed E-state index contributed by atoms with van der Waals surface area (Å²) in [5, 5.41) is 8.00. The molecule has 2 saturated heterocycles. The Morgan fingerprint density at radius 1 is 1.27 bits per heavy atom. The van der Waals surface area contributed by atoms with Crippen molar-refractivity contribution in [3.8, 4) is 11.3 Å². The van der Waals surface area contributed by atoms with Crippen LogP contribution in [-0.2, 0) is 20.3 Å². The molecule has 3 aliphatic rings. The monoisotopic (exact) mass is 434 g/mol. The van der Waals surface area contributed by atoms with E-state index in [2.05, 4.69) is 10.4 Å². The summed E-state index contributed by atoms with van der Waals surface area (Å²) < 4.78 is 46.9. The first-order valence-corrected chi connectivity index (χ1v) is 11.8. The largest absolute Gasteiger partial charge is 0.378 e. The number of aromatic nitrogens is 2. The standard InChI is InChI=1S/C20H23FN4O4S/c21-13-3-4-15-17(10-13)30(27,28)12-16-18(20(26)24-6-8-29-9-7-24)23-25(19(15)16)14-2-1-5-22-11-14/h3-4,10,14,22H,1-2,5-9,11-12H2. The molecule has 1 aromatic heterocycles. The van der Waals surface area contributed by atoms with E-state index < -0.39 is 15.7 Å². The van der Waals surface area contributed by atoms with Gasteiger partial charge in [0.05, 0.1) is 35.6 Å². The Labute approximate surface area is 173 Å². The van der Waals surface area contributed by atoms with Crippen LogP contribution in [0.25, 0.3) is 11.3 Å². The minimum atomic E-state index is -3.79.